The van der Waals surface area contributed by atoms with Gasteiger partial charge >= 0.3 is 0 Å². The predicted octanol–water partition coefficient (Wildman–Crippen LogP) is 1.50. The van der Waals surface area contributed by atoms with Gasteiger partial charge in [0.2, 0.25) is 0 Å². The Morgan fingerprint density at radius 2 is 2.00 bits per heavy atom. The van der Waals surface area contributed by atoms with Gasteiger partial charge in [-0.25, -0.2) is 0 Å². The van der Waals surface area contributed by atoms with Crippen molar-refractivity contribution in [3.63, 3.8) is 0 Å². The first-order valence-corrected chi connectivity index (χ1v) is 2.61. The van der Waals surface area contributed by atoms with Crippen LogP contribution in [-0.2, 0) is 32.7 Å². The van der Waals surface area contributed by atoms with E-state index in [4.69, 9.17) is 0 Å². The second-order valence-corrected chi connectivity index (χ2v) is 1.88. The largest absolute Gasteiger partial charge is 0.391 e. The molecule has 0 fully saturated rings. The number of hydrogen-bond acceptors (Lipinski definition) is 1. The molecule has 1 heterocycles. The van der Waals surface area contributed by atoms with E-state index in [0.717, 1.165) is 11.3 Å². The molecule has 0 amide bonds. The second-order valence-electron chi connectivity index (χ2n) is 1.88. The van der Waals surface area contributed by atoms with Crippen LogP contribution in [0.4, 0.5) is 0 Å². The van der Waals surface area contributed by atoms with Crippen molar-refractivity contribution in [2.45, 2.75) is 13.8 Å². The van der Waals surface area contributed by atoms with Gasteiger partial charge in [0.05, 0.1) is 0 Å². The molecule has 0 spiro atoms. The van der Waals surface area contributed by atoms with Gasteiger partial charge in [0.25, 0.3) is 0 Å². The number of aryl methyl sites for hydroxylation is 2. The van der Waals surface area contributed by atoms with Crippen molar-refractivity contribution < 1.29 is 32.7 Å². The SMILES string of the molecule is Cc1[c-]nc(C)cc1.[Y]. The van der Waals surface area contributed by atoms with Crippen LogP contribution in [0.5, 0.6) is 0 Å². The predicted molar refractivity (Wildman–Crippen MR) is 32.5 cm³/mol. The molecule has 1 rings (SSSR count). The average Bonchev–Trinajstić information content (AvgIpc) is 1.77. The van der Waals surface area contributed by atoms with Crippen LogP contribution in [0, 0.1) is 20.0 Å². The zero-order chi connectivity index (χ0) is 5.98. The summed E-state index contributed by atoms with van der Waals surface area (Å²) in [6.45, 7) is 3.93. The molecule has 0 saturated heterocycles. The molecular formula is C7H8NY-. The minimum absolute atomic E-state index is 0. The molecule has 0 unspecified atom stereocenters. The van der Waals surface area contributed by atoms with Gasteiger partial charge in [0.1, 0.15) is 0 Å². The van der Waals surface area contributed by atoms with Gasteiger partial charge in [-0.3, -0.25) is 0 Å². The Balaban J connectivity index is 0.000000640. The number of pyridine rings is 1. The van der Waals surface area contributed by atoms with Crippen molar-refractivity contribution in [1.29, 1.82) is 0 Å². The van der Waals surface area contributed by atoms with Crippen LogP contribution in [0.25, 0.3) is 0 Å². The molecule has 45 valence electrons. The summed E-state index contributed by atoms with van der Waals surface area (Å²) in [5.74, 6) is 0. The Bertz CT molecular complexity index is 148. The van der Waals surface area contributed by atoms with Crippen LogP contribution in [-0.4, -0.2) is 4.98 Å². The maximum absolute atomic E-state index is 3.95. The standard InChI is InChI=1S/C7H8N.Y/c1-6-3-4-7(2)8-5-6;/h3-4H,1-2H3;/q-1;. The molecule has 2 heteroatoms. The fourth-order valence-electron chi connectivity index (χ4n) is 0.496. The van der Waals surface area contributed by atoms with E-state index in [1.807, 2.05) is 26.0 Å². The first-order chi connectivity index (χ1) is 3.79. The first kappa shape index (κ1) is 9.25. The molecular weight excluding hydrogens is 187 g/mol. The zero-order valence-corrected chi connectivity index (χ0v) is 8.52. The summed E-state index contributed by atoms with van der Waals surface area (Å²) in [5, 5.41) is 0. The summed E-state index contributed by atoms with van der Waals surface area (Å²) in [6.07, 6.45) is 2.85. The van der Waals surface area contributed by atoms with Gasteiger partial charge in [-0.1, -0.05) is 25.7 Å². The quantitative estimate of drug-likeness (QED) is 0.571. The van der Waals surface area contributed by atoms with E-state index < -0.39 is 0 Å². The van der Waals surface area contributed by atoms with Crippen LogP contribution in [0.3, 0.4) is 0 Å². The Morgan fingerprint density at radius 3 is 2.33 bits per heavy atom. The first-order valence-electron chi connectivity index (χ1n) is 2.61. The van der Waals surface area contributed by atoms with Crippen LogP contribution in [0.15, 0.2) is 12.1 Å². The molecule has 0 aromatic carbocycles. The molecule has 0 bridgehead atoms. The minimum Gasteiger partial charge on any atom is -0.391 e. The van der Waals surface area contributed by atoms with Crippen LogP contribution in [0.1, 0.15) is 11.3 Å². The Morgan fingerprint density at radius 1 is 1.33 bits per heavy atom. The molecule has 0 aliphatic heterocycles. The maximum Gasteiger partial charge on any atom is 0 e. The molecule has 1 aromatic heterocycles. The summed E-state index contributed by atoms with van der Waals surface area (Å²) in [7, 11) is 0. The average molecular weight is 195 g/mol. The number of rotatable bonds is 0. The topological polar surface area (TPSA) is 12.9 Å². The van der Waals surface area contributed by atoms with Crippen molar-refractivity contribution in [1.82, 2.24) is 4.98 Å². The monoisotopic (exact) mass is 195 g/mol. The number of hydrogen-bond donors (Lipinski definition) is 0. The van der Waals surface area contributed by atoms with E-state index in [0.29, 0.717) is 0 Å². The van der Waals surface area contributed by atoms with E-state index in [-0.39, 0.29) is 32.7 Å². The van der Waals surface area contributed by atoms with Crippen LogP contribution < -0.4 is 0 Å². The molecule has 0 N–H and O–H groups in total. The molecule has 1 aromatic rings. The van der Waals surface area contributed by atoms with E-state index in [9.17, 15) is 0 Å². The molecule has 0 aliphatic carbocycles. The minimum atomic E-state index is 0. The summed E-state index contributed by atoms with van der Waals surface area (Å²) in [4.78, 5) is 3.95. The summed E-state index contributed by atoms with van der Waals surface area (Å²) in [5.41, 5.74) is 2.12. The third kappa shape index (κ3) is 3.07. The normalized spacial score (nSPS) is 8.22. The molecule has 9 heavy (non-hydrogen) atoms. The Kier molecular flexibility index (Phi) is 4.25. The number of aromatic nitrogens is 1. The fraction of sp³-hybridized carbons (Fsp3) is 0.286. The van der Waals surface area contributed by atoms with Gasteiger partial charge in [-0.05, 0) is 0 Å². The van der Waals surface area contributed by atoms with Gasteiger partial charge in [0.15, 0.2) is 0 Å². The van der Waals surface area contributed by atoms with Gasteiger partial charge < -0.3 is 4.98 Å². The molecule has 1 nitrogen and oxygen atoms in total. The van der Waals surface area contributed by atoms with Crippen molar-refractivity contribution in [2.24, 2.45) is 0 Å². The second kappa shape index (κ2) is 4.13. The van der Waals surface area contributed by atoms with E-state index >= 15 is 0 Å². The van der Waals surface area contributed by atoms with Crippen molar-refractivity contribution in [3.05, 3.63) is 29.6 Å². The van der Waals surface area contributed by atoms with Crippen LogP contribution >= 0.6 is 0 Å². The third-order valence-electron chi connectivity index (χ3n) is 0.983. The summed E-state index contributed by atoms with van der Waals surface area (Å²) < 4.78 is 0. The third-order valence-corrected chi connectivity index (χ3v) is 0.983. The zero-order valence-electron chi connectivity index (χ0n) is 5.68. The van der Waals surface area contributed by atoms with Crippen molar-refractivity contribution >= 4 is 0 Å². The van der Waals surface area contributed by atoms with Gasteiger partial charge in [0, 0.05) is 32.7 Å². The smallest absolute Gasteiger partial charge is 0 e. The van der Waals surface area contributed by atoms with E-state index in [2.05, 4.69) is 11.2 Å². The maximum atomic E-state index is 3.95. The van der Waals surface area contributed by atoms with Crippen molar-refractivity contribution in [2.75, 3.05) is 0 Å². The summed E-state index contributed by atoms with van der Waals surface area (Å²) >= 11 is 0. The fourth-order valence-corrected chi connectivity index (χ4v) is 0.496. The van der Waals surface area contributed by atoms with Crippen molar-refractivity contribution in [3.8, 4) is 0 Å². The molecule has 1 radical (unpaired) electrons. The van der Waals surface area contributed by atoms with E-state index in [1.54, 1.807) is 0 Å². The summed E-state index contributed by atoms with van der Waals surface area (Å²) in [6, 6.07) is 3.98. The number of nitrogens with zero attached hydrogens (tertiary/aromatic N) is 1. The molecule has 0 atom stereocenters. The van der Waals surface area contributed by atoms with Crippen LogP contribution in [0.2, 0.25) is 0 Å². The Labute approximate surface area is 80.8 Å². The molecule has 0 aliphatic rings. The Hall–Kier alpha value is 0.254. The van der Waals surface area contributed by atoms with Gasteiger partial charge in [-0.15, -0.1) is 5.56 Å². The van der Waals surface area contributed by atoms with Gasteiger partial charge in [-0.2, -0.15) is 12.1 Å². The van der Waals surface area contributed by atoms with E-state index in [1.165, 1.54) is 0 Å². The molecule has 0 saturated carbocycles.